The molecule has 0 spiro atoms. The largest absolute Gasteiger partial charge is 0.417 e. The van der Waals surface area contributed by atoms with E-state index in [0.717, 1.165) is 23.9 Å². The van der Waals surface area contributed by atoms with Gasteiger partial charge in [-0.05, 0) is 36.4 Å². The summed E-state index contributed by atoms with van der Waals surface area (Å²) in [6, 6.07) is 9.90. The molecule has 7 heteroatoms. The van der Waals surface area contributed by atoms with Gasteiger partial charge in [-0.2, -0.15) is 18.4 Å². The highest BCUT2D eigenvalue weighted by molar-refractivity contribution is 7.99. The van der Waals surface area contributed by atoms with E-state index in [1.54, 1.807) is 24.3 Å². The molecule has 2 aromatic rings. The summed E-state index contributed by atoms with van der Waals surface area (Å²) in [6.45, 7) is 0. The number of hydrogen-bond donors (Lipinski definition) is 0. The molecule has 0 bridgehead atoms. The second kappa shape index (κ2) is 6.18. The van der Waals surface area contributed by atoms with E-state index < -0.39 is 17.3 Å². The van der Waals surface area contributed by atoms with Crippen molar-refractivity contribution in [3.05, 3.63) is 57.6 Å². The fourth-order valence-electron chi connectivity index (χ4n) is 1.60. The van der Waals surface area contributed by atoms with Crippen LogP contribution in [0, 0.1) is 11.3 Å². The topological polar surface area (TPSA) is 23.8 Å². The maximum Gasteiger partial charge on any atom is 0.417 e. The Kier molecular flexibility index (Phi) is 4.72. The Bertz CT molecular complexity index is 723. The van der Waals surface area contributed by atoms with E-state index in [2.05, 4.69) is 0 Å². The summed E-state index contributed by atoms with van der Waals surface area (Å²) in [4.78, 5) is 1.02. The SMILES string of the molecule is N#Cc1ccc(Sc2ccc(Cl)c(Cl)c2)cc1C(F)(F)F. The highest BCUT2D eigenvalue weighted by atomic mass is 35.5. The van der Waals surface area contributed by atoms with Crippen LogP contribution < -0.4 is 0 Å². The fraction of sp³-hybridized carbons (Fsp3) is 0.0714. The Morgan fingerprint density at radius 1 is 0.952 bits per heavy atom. The molecule has 0 saturated heterocycles. The van der Waals surface area contributed by atoms with Crippen molar-refractivity contribution in [1.29, 1.82) is 5.26 Å². The smallest absolute Gasteiger partial charge is 0.192 e. The van der Waals surface area contributed by atoms with Gasteiger partial charge in [-0.3, -0.25) is 0 Å². The quantitative estimate of drug-likeness (QED) is 0.661. The lowest BCUT2D eigenvalue weighted by molar-refractivity contribution is -0.137. The molecule has 108 valence electrons. The molecular weight excluding hydrogens is 342 g/mol. The molecule has 0 aromatic heterocycles. The summed E-state index contributed by atoms with van der Waals surface area (Å²) in [7, 11) is 0. The average molecular weight is 348 g/mol. The first-order chi connectivity index (χ1) is 9.81. The molecular formula is C14H6Cl2F3NS. The standard InChI is InChI=1S/C14H6Cl2F3NS/c15-12-4-3-10(6-13(12)16)21-9-2-1-8(7-20)11(5-9)14(17,18)19/h1-6H. The van der Waals surface area contributed by atoms with E-state index in [1.165, 1.54) is 6.07 Å². The van der Waals surface area contributed by atoms with Crippen LogP contribution in [0.15, 0.2) is 46.2 Å². The zero-order valence-corrected chi connectivity index (χ0v) is 12.5. The lowest BCUT2D eigenvalue weighted by Crippen LogP contribution is -2.07. The molecule has 0 fully saturated rings. The van der Waals surface area contributed by atoms with Gasteiger partial charge >= 0.3 is 6.18 Å². The van der Waals surface area contributed by atoms with Gasteiger partial charge < -0.3 is 0 Å². The first kappa shape index (κ1) is 16.0. The van der Waals surface area contributed by atoms with Gasteiger partial charge in [0.2, 0.25) is 0 Å². The maximum atomic E-state index is 12.9. The zero-order chi connectivity index (χ0) is 15.6. The molecule has 0 atom stereocenters. The molecule has 0 N–H and O–H groups in total. The molecule has 0 unspecified atom stereocenters. The molecule has 0 aliphatic carbocycles. The normalized spacial score (nSPS) is 11.2. The van der Waals surface area contributed by atoms with Crippen LogP contribution in [0.1, 0.15) is 11.1 Å². The third kappa shape index (κ3) is 3.85. The minimum Gasteiger partial charge on any atom is -0.192 e. The molecule has 0 heterocycles. The van der Waals surface area contributed by atoms with Crippen molar-refractivity contribution >= 4 is 35.0 Å². The Labute approximate surface area is 133 Å². The van der Waals surface area contributed by atoms with Gasteiger partial charge in [0.25, 0.3) is 0 Å². The van der Waals surface area contributed by atoms with E-state index >= 15 is 0 Å². The minimum absolute atomic E-state index is 0.325. The highest BCUT2D eigenvalue weighted by Crippen LogP contribution is 2.37. The summed E-state index contributed by atoms with van der Waals surface area (Å²) in [5.74, 6) is 0. The first-order valence-electron chi connectivity index (χ1n) is 5.55. The highest BCUT2D eigenvalue weighted by Gasteiger charge is 2.33. The van der Waals surface area contributed by atoms with E-state index in [0.29, 0.717) is 19.8 Å². The van der Waals surface area contributed by atoms with Gasteiger partial charge in [0.05, 0.1) is 27.2 Å². The van der Waals surface area contributed by atoms with Gasteiger partial charge in [-0.25, -0.2) is 0 Å². The van der Waals surface area contributed by atoms with Crippen LogP contribution in [-0.2, 0) is 6.18 Å². The monoisotopic (exact) mass is 347 g/mol. The molecule has 21 heavy (non-hydrogen) atoms. The third-order valence-corrected chi connectivity index (χ3v) is 4.26. The number of rotatable bonds is 2. The van der Waals surface area contributed by atoms with E-state index in [4.69, 9.17) is 28.5 Å². The van der Waals surface area contributed by atoms with Crippen molar-refractivity contribution in [2.45, 2.75) is 16.0 Å². The van der Waals surface area contributed by atoms with Gasteiger partial charge in [0.15, 0.2) is 0 Å². The molecule has 0 aliphatic rings. The fourth-order valence-corrected chi connectivity index (χ4v) is 2.86. The van der Waals surface area contributed by atoms with Crippen molar-refractivity contribution in [2.24, 2.45) is 0 Å². The predicted molar refractivity (Wildman–Crippen MR) is 76.7 cm³/mol. The van der Waals surface area contributed by atoms with Crippen molar-refractivity contribution in [2.75, 3.05) is 0 Å². The Morgan fingerprint density at radius 2 is 1.57 bits per heavy atom. The molecule has 1 nitrogen and oxygen atoms in total. The first-order valence-corrected chi connectivity index (χ1v) is 7.13. The lowest BCUT2D eigenvalue weighted by atomic mass is 10.1. The number of halogens is 5. The Morgan fingerprint density at radius 3 is 2.14 bits per heavy atom. The lowest BCUT2D eigenvalue weighted by Gasteiger charge is -2.10. The number of nitrogens with zero attached hydrogens (tertiary/aromatic N) is 1. The predicted octanol–water partition coefficient (Wildman–Crippen LogP) is 6.04. The van der Waals surface area contributed by atoms with Crippen LogP contribution in [0.25, 0.3) is 0 Å². The van der Waals surface area contributed by atoms with Gasteiger partial charge in [-0.15, -0.1) is 0 Å². The van der Waals surface area contributed by atoms with Crippen LogP contribution >= 0.6 is 35.0 Å². The van der Waals surface area contributed by atoms with Crippen molar-refractivity contribution < 1.29 is 13.2 Å². The summed E-state index contributed by atoms with van der Waals surface area (Å²) in [5, 5.41) is 9.44. The van der Waals surface area contributed by atoms with E-state index in [-0.39, 0.29) is 0 Å². The minimum atomic E-state index is -4.57. The molecule has 2 rings (SSSR count). The Hall–Kier alpha value is -1.35. The number of benzene rings is 2. The molecule has 0 amide bonds. The van der Waals surface area contributed by atoms with Crippen LogP contribution in [-0.4, -0.2) is 0 Å². The van der Waals surface area contributed by atoms with Crippen LogP contribution in [0.4, 0.5) is 13.2 Å². The summed E-state index contributed by atoms with van der Waals surface area (Å²) in [5.41, 5.74) is -1.35. The van der Waals surface area contributed by atoms with Gasteiger partial charge in [-0.1, -0.05) is 35.0 Å². The summed E-state index contributed by atoms with van der Waals surface area (Å²) in [6.07, 6.45) is -4.57. The van der Waals surface area contributed by atoms with E-state index in [9.17, 15) is 13.2 Å². The summed E-state index contributed by atoms with van der Waals surface area (Å²) >= 11 is 12.8. The average Bonchev–Trinajstić information content (AvgIpc) is 2.42. The second-order valence-electron chi connectivity index (χ2n) is 3.99. The number of alkyl halides is 3. The van der Waals surface area contributed by atoms with Crippen LogP contribution in [0.3, 0.4) is 0 Å². The molecule has 0 aliphatic heterocycles. The van der Waals surface area contributed by atoms with Crippen LogP contribution in [0.5, 0.6) is 0 Å². The van der Waals surface area contributed by atoms with Crippen LogP contribution in [0.2, 0.25) is 10.0 Å². The molecule has 0 saturated carbocycles. The maximum absolute atomic E-state index is 12.9. The number of nitriles is 1. The third-order valence-electron chi connectivity index (χ3n) is 2.54. The van der Waals surface area contributed by atoms with Gasteiger partial charge in [0, 0.05) is 9.79 Å². The molecule has 2 aromatic carbocycles. The van der Waals surface area contributed by atoms with Crippen molar-refractivity contribution in [1.82, 2.24) is 0 Å². The zero-order valence-electron chi connectivity index (χ0n) is 10.2. The molecule has 0 radical (unpaired) electrons. The van der Waals surface area contributed by atoms with Crippen molar-refractivity contribution in [3.8, 4) is 6.07 Å². The van der Waals surface area contributed by atoms with Gasteiger partial charge in [0.1, 0.15) is 0 Å². The second-order valence-corrected chi connectivity index (χ2v) is 5.96. The van der Waals surface area contributed by atoms with E-state index in [1.807, 2.05) is 0 Å². The Balaban J connectivity index is 2.37. The summed E-state index contributed by atoms with van der Waals surface area (Å²) < 4.78 is 38.6. The van der Waals surface area contributed by atoms with Crippen molar-refractivity contribution in [3.63, 3.8) is 0 Å². The number of hydrogen-bond acceptors (Lipinski definition) is 2.